The minimum atomic E-state index is -4.48. The molecule has 0 amide bonds. The molecular formula is C23H41F6N. The van der Waals surface area contributed by atoms with Crippen molar-refractivity contribution in [3.05, 3.63) is 23.9 Å². The lowest BCUT2D eigenvalue weighted by atomic mass is 9.77. The van der Waals surface area contributed by atoms with Gasteiger partial charge in [-0.15, -0.1) is 0 Å². The van der Waals surface area contributed by atoms with Gasteiger partial charge >= 0.3 is 12.4 Å². The number of nitrogens with zero attached hydrogens (tertiary/aromatic N) is 1. The molecule has 0 aliphatic carbocycles. The van der Waals surface area contributed by atoms with Gasteiger partial charge < -0.3 is 4.90 Å². The molecule has 180 valence electrons. The highest BCUT2D eigenvalue weighted by Gasteiger charge is 2.53. The van der Waals surface area contributed by atoms with E-state index in [2.05, 4.69) is 0 Å². The van der Waals surface area contributed by atoms with Gasteiger partial charge in [0.05, 0.1) is 10.8 Å². The predicted molar refractivity (Wildman–Crippen MR) is 114 cm³/mol. The van der Waals surface area contributed by atoms with Gasteiger partial charge in [-0.05, 0) is 53.0 Å². The average molecular weight is 446 g/mol. The molecule has 0 rings (SSSR count). The maximum atomic E-state index is 13.5. The summed E-state index contributed by atoms with van der Waals surface area (Å²) >= 11 is 0. The van der Waals surface area contributed by atoms with Gasteiger partial charge in [0.2, 0.25) is 0 Å². The van der Waals surface area contributed by atoms with E-state index in [9.17, 15) is 26.3 Å². The molecule has 0 aromatic carbocycles. The topological polar surface area (TPSA) is 3.24 Å². The van der Waals surface area contributed by atoms with Crippen molar-refractivity contribution in [3.63, 3.8) is 0 Å². The van der Waals surface area contributed by atoms with Crippen LogP contribution >= 0.6 is 0 Å². The Labute approximate surface area is 179 Å². The Bertz CT molecular complexity index is 563. The van der Waals surface area contributed by atoms with Crippen molar-refractivity contribution >= 4 is 0 Å². The Morgan fingerprint density at radius 3 is 1.50 bits per heavy atom. The largest absolute Gasteiger partial charge is 0.395 e. The van der Waals surface area contributed by atoms with Gasteiger partial charge in [0.25, 0.3) is 0 Å². The first kappa shape index (κ1) is 31.0. The van der Waals surface area contributed by atoms with Crippen molar-refractivity contribution in [3.8, 4) is 0 Å². The third kappa shape index (κ3) is 8.93. The third-order valence-electron chi connectivity index (χ3n) is 4.95. The van der Waals surface area contributed by atoms with Gasteiger partial charge in [0, 0.05) is 17.8 Å². The molecule has 0 aromatic rings. The van der Waals surface area contributed by atoms with Crippen LogP contribution in [0.25, 0.3) is 0 Å². The Morgan fingerprint density at radius 2 is 1.20 bits per heavy atom. The lowest BCUT2D eigenvalue weighted by Crippen LogP contribution is -2.53. The number of alkyl halides is 6. The predicted octanol–water partition coefficient (Wildman–Crippen LogP) is 8.78. The zero-order valence-corrected chi connectivity index (χ0v) is 20.4. The molecule has 0 heterocycles. The number of hydrogen-bond acceptors (Lipinski definition) is 1. The highest BCUT2D eigenvalue weighted by Crippen LogP contribution is 2.47. The van der Waals surface area contributed by atoms with Crippen molar-refractivity contribution in [2.45, 2.75) is 100 Å². The Kier molecular flexibility index (Phi) is 11.3. The Balaban J connectivity index is 0. The normalized spacial score (nSPS) is 14.8. The van der Waals surface area contributed by atoms with Gasteiger partial charge in [-0.2, -0.15) is 26.3 Å². The molecule has 0 saturated heterocycles. The lowest BCUT2D eigenvalue weighted by molar-refractivity contribution is -0.230. The molecule has 0 spiro atoms. The van der Waals surface area contributed by atoms with E-state index in [0.29, 0.717) is 5.70 Å². The Morgan fingerprint density at radius 1 is 0.800 bits per heavy atom. The van der Waals surface area contributed by atoms with E-state index < -0.39 is 35.3 Å². The number of halogens is 6. The summed E-state index contributed by atoms with van der Waals surface area (Å²) in [5.74, 6) is 0.155. The highest BCUT2D eigenvalue weighted by molar-refractivity contribution is 5.21. The second-order valence-corrected chi connectivity index (χ2v) is 9.66. The molecule has 7 heteroatoms. The summed E-state index contributed by atoms with van der Waals surface area (Å²) in [7, 11) is 0. The second kappa shape index (κ2) is 10.9. The molecule has 30 heavy (non-hydrogen) atoms. The van der Waals surface area contributed by atoms with Crippen LogP contribution < -0.4 is 0 Å². The smallest absolute Gasteiger partial charge is 0.366 e. The SMILES string of the molecule is C/C=C(\C=C/C(C)C)N(CC(C)(C)C(F)(F)F)C(C)(C)CC(C)(C)C(F)(F)F.CC. The zero-order valence-electron chi connectivity index (χ0n) is 20.4. The fourth-order valence-corrected chi connectivity index (χ4v) is 3.05. The molecule has 1 nitrogen and oxygen atoms in total. The Hall–Kier alpha value is -1.14. The minimum absolute atomic E-state index is 0.155. The fourth-order valence-electron chi connectivity index (χ4n) is 3.05. The second-order valence-electron chi connectivity index (χ2n) is 9.66. The van der Waals surface area contributed by atoms with Crippen LogP contribution in [0.4, 0.5) is 26.3 Å². The van der Waals surface area contributed by atoms with Crippen molar-refractivity contribution < 1.29 is 26.3 Å². The standard InChI is InChI=1S/C21H35F6N.C2H6/c1-10-16(12-11-15(2)3)28(14-18(6,7)21(25,26)27)19(8,9)13-17(4,5)20(22,23)24;1-2/h10-12,15H,13-14H2,1-9H3;1-2H3/b12-11-,16-10+;. The van der Waals surface area contributed by atoms with Crippen LogP contribution in [0.2, 0.25) is 0 Å². The van der Waals surface area contributed by atoms with Crippen LogP contribution in [0.15, 0.2) is 23.9 Å². The fraction of sp³-hybridized carbons (Fsp3) is 0.826. The van der Waals surface area contributed by atoms with Crippen LogP contribution in [0.5, 0.6) is 0 Å². The summed E-state index contributed by atoms with van der Waals surface area (Å²) in [5.41, 5.74) is -4.82. The van der Waals surface area contributed by atoms with E-state index in [1.807, 2.05) is 33.8 Å². The number of rotatable bonds is 8. The summed E-state index contributed by atoms with van der Waals surface area (Å²) < 4.78 is 81.0. The van der Waals surface area contributed by atoms with Crippen LogP contribution in [-0.4, -0.2) is 29.3 Å². The van der Waals surface area contributed by atoms with E-state index >= 15 is 0 Å². The minimum Gasteiger partial charge on any atom is -0.366 e. The van der Waals surface area contributed by atoms with Gasteiger partial charge in [0.15, 0.2) is 0 Å². The monoisotopic (exact) mass is 445 g/mol. The van der Waals surface area contributed by atoms with Crippen molar-refractivity contribution in [2.75, 3.05) is 6.54 Å². The van der Waals surface area contributed by atoms with Crippen molar-refractivity contribution in [2.24, 2.45) is 16.7 Å². The molecule has 0 bridgehead atoms. The average Bonchev–Trinajstić information content (AvgIpc) is 2.52. The molecule has 0 aromatic heterocycles. The summed E-state index contributed by atoms with van der Waals surface area (Å²) in [5, 5.41) is 0. The molecule has 0 fully saturated rings. The van der Waals surface area contributed by atoms with E-state index in [1.165, 1.54) is 4.90 Å². The van der Waals surface area contributed by atoms with E-state index in [4.69, 9.17) is 0 Å². The number of allylic oxidation sites excluding steroid dienone is 3. The van der Waals surface area contributed by atoms with E-state index in [-0.39, 0.29) is 12.3 Å². The highest BCUT2D eigenvalue weighted by atomic mass is 19.4. The van der Waals surface area contributed by atoms with Crippen LogP contribution in [0.1, 0.15) is 82.6 Å². The zero-order chi connectivity index (χ0) is 24.8. The van der Waals surface area contributed by atoms with E-state index in [1.54, 1.807) is 32.9 Å². The third-order valence-corrected chi connectivity index (χ3v) is 4.95. The first-order valence-electron chi connectivity index (χ1n) is 10.4. The molecule has 0 N–H and O–H groups in total. The van der Waals surface area contributed by atoms with E-state index in [0.717, 1.165) is 27.7 Å². The van der Waals surface area contributed by atoms with Gasteiger partial charge in [-0.1, -0.05) is 53.7 Å². The maximum absolute atomic E-state index is 13.5. The molecule has 0 unspecified atom stereocenters. The molecule has 0 aliphatic heterocycles. The number of hydrogen-bond donors (Lipinski definition) is 0. The van der Waals surface area contributed by atoms with Gasteiger partial charge in [-0.3, -0.25) is 0 Å². The quantitative estimate of drug-likeness (QED) is 0.267. The summed E-state index contributed by atoms with van der Waals surface area (Å²) in [6.07, 6.45) is -4.12. The molecule has 0 aliphatic rings. The molecule has 0 radical (unpaired) electrons. The molecule has 0 atom stereocenters. The van der Waals surface area contributed by atoms with Crippen LogP contribution in [0.3, 0.4) is 0 Å². The summed E-state index contributed by atoms with van der Waals surface area (Å²) in [6.45, 7) is 16.5. The lowest BCUT2D eigenvalue weighted by Gasteiger charge is -2.48. The van der Waals surface area contributed by atoms with Gasteiger partial charge in [-0.25, -0.2) is 0 Å². The summed E-state index contributed by atoms with van der Waals surface area (Å²) in [6, 6.07) is 0. The summed E-state index contributed by atoms with van der Waals surface area (Å²) in [4.78, 5) is 1.47. The maximum Gasteiger partial charge on any atom is 0.395 e. The first-order valence-corrected chi connectivity index (χ1v) is 10.4. The van der Waals surface area contributed by atoms with Gasteiger partial charge in [0.1, 0.15) is 0 Å². The van der Waals surface area contributed by atoms with Crippen molar-refractivity contribution in [1.82, 2.24) is 4.90 Å². The molecule has 0 saturated carbocycles. The first-order chi connectivity index (χ1) is 13.2. The van der Waals surface area contributed by atoms with Crippen LogP contribution in [-0.2, 0) is 0 Å². The van der Waals surface area contributed by atoms with Crippen molar-refractivity contribution in [1.29, 1.82) is 0 Å². The van der Waals surface area contributed by atoms with Crippen LogP contribution in [0, 0.1) is 16.7 Å². The molecular weight excluding hydrogens is 404 g/mol.